The second-order valence-electron chi connectivity index (χ2n) is 5.38. The smallest absolute Gasteiger partial charge is 0.236 e. The predicted molar refractivity (Wildman–Crippen MR) is 70.8 cm³/mol. The standard InChI is InChI=1S/C15H20N2O/c18-15-7-4-9-17(15)16-10-8-14(12-16)11-13-5-2-1-3-6-13/h1-3,5-6,14H,4,7-12H2. The van der Waals surface area contributed by atoms with Crippen LogP contribution in [0, 0.1) is 5.92 Å². The number of rotatable bonds is 3. The maximum Gasteiger partial charge on any atom is 0.236 e. The van der Waals surface area contributed by atoms with Gasteiger partial charge in [-0.1, -0.05) is 30.3 Å². The quantitative estimate of drug-likeness (QED) is 0.813. The average Bonchev–Trinajstić information content (AvgIpc) is 2.99. The molecule has 1 unspecified atom stereocenters. The lowest BCUT2D eigenvalue weighted by Gasteiger charge is -2.27. The Labute approximate surface area is 108 Å². The summed E-state index contributed by atoms with van der Waals surface area (Å²) in [6.07, 6.45) is 4.11. The van der Waals surface area contributed by atoms with E-state index >= 15 is 0 Å². The van der Waals surface area contributed by atoms with Crippen LogP contribution in [0.4, 0.5) is 0 Å². The minimum atomic E-state index is 0.315. The van der Waals surface area contributed by atoms with Crippen molar-refractivity contribution in [2.75, 3.05) is 19.6 Å². The molecule has 2 aliphatic rings. The van der Waals surface area contributed by atoms with Crippen LogP contribution in [0.15, 0.2) is 30.3 Å². The van der Waals surface area contributed by atoms with Gasteiger partial charge < -0.3 is 0 Å². The van der Waals surface area contributed by atoms with Crippen LogP contribution in [0.1, 0.15) is 24.8 Å². The zero-order valence-corrected chi connectivity index (χ0v) is 10.7. The third-order valence-electron chi connectivity index (χ3n) is 4.02. The molecule has 0 N–H and O–H groups in total. The molecule has 3 rings (SSSR count). The highest BCUT2D eigenvalue weighted by Crippen LogP contribution is 2.24. The van der Waals surface area contributed by atoms with E-state index in [0.717, 1.165) is 38.9 Å². The molecule has 1 atom stereocenters. The average molecular weight is 244 g/mol. The van der Waals surface area contributed by atoms with Crippen molar-refractivity contribution >= 4 is 5.91 Å². The van der Waals surface area contributed by atoms with Crippen molar-refractivity contribution in [2.24, 2.45) is 5.92 Å². The van der Waals surface area contributed by atoms with Gasteiger partial charge >= 0.3 is 0 Å². The molecule has 96 valence electrons. The Morgan fingerprint density at radius 2 is 2.00 bits per heavy atom. The first-order valence-electron chi connectivity index (χ1n) is 6.92. The largest absolute Gasteiger partial charge is 0.275 e. The van der Waals surface area contributed by atoms with Crippen molar-refractivity contribution in [1.82, 2.24) is 10.0 Å². The summed E-state index contributed by atoms with van der Waals surface area (Å²) in [5, 5.41) is 4.24. The summed E-state index contributed by atoms with van der Waals surface area (Å²) in [7, 11) is 0. The first-order valence-corrected chi connectivity index (χ1v) is 6.92. The van der Waals surface area contributed by atoms with Crippen molar-refractivity contribution in [1.29, 1.82) is 0 Å². The van der Waals surface area contributed by atoms with Gasteiger partial charge in [-0.15, -0.1) is 0 Å². The second-order valence-corrected chi connectivity index (χ2v) is 5.38. The maximum absolute atomic E-state index is 11.7. The van der Waals surface area contributed by atoms with Gasteiger partial charge in [-0.2, -0.15) is 0 Å². The summed E-state index contributed by atoms with van der Waals surface area (Å²) in [6, 6.07) is 10.7. The molecule has 1 amide bonds. The van der Waals surface area contributed by atoms with Gasteiger partial charge in [-0.05, 0) is 30.7 Å². The Morgan fingerprint density at radius 3 is 2.72 bits per heavy atom. The predicted octanol–water partition coefficient (Wildman–Crippen LogP) is 2.09. The Kier molecular flexibility index (Phi) is 3.33. The SMILES string of the molecule is O=C1CCCN1N1CCC(Cc2ccccc2)C1. The lowest BCUT2D eigenvalue weighted by Crippen LogP contribution is -2.41. The number of hydrogen-bond acceptors (Lipinski definition) is 2. The second kappa shape index (κ2) is 5.11. The minimum absolute atomic E-state index is 0.315. The van der Waals surface area contributed by atoms with E-state index in [1.807, 2.05) is 5.01 Å². The van der Waals surface area contributed by atoms with E-state index in [0.29, 0.717) is 11.8 Å². The van der Waals surface area contributed by atoms with E-state index in [-0.39, 0.29) is 0 Å². The number of nitrogens with zero attached hydrogens (tertiary/aromatic N) is 2. The van der Waals surface area contributed by atoms with Gasteiger partial charge in [-0.25, -0.2) is 5.01 Å². The molecule has 0 saturated carbocycles. The maximum atomic E-state index is 11.7. The van der Waals surface area contributed by atoms with Crippen LogP contribution in [0.5, 0.6) is 0 Å². The van der Waals surface area contributed by atoms with Crippen molar-refractivity contribution in [3.63, 3.8) is 0 Å². The van der Waals surface area contributed by atoms with Crippen molar-refractivity contribution < 1.29 is 4.79 Å². The van der Waals surface area contributed by atoms with Gasteiger partial charge in [-0.3, -0.25) is 9.80 Å². The highest BCUT2D eigenvalue weighted by Gasteiger charge is 2.31. The number of benzene rings is 1. The molecule has 0 aliphatic carbocycles. The molecule has 2 aliphatic heterocycles. The van der Waals surface area contributed by atoms with Gasteiger partial charge in [0.25, 0.3) is 0 Å². The zero-order valence-electron chi connectivity index (χ0n) is 10.7. The Bertz CT molecular complexity index is 418. The molecule has 1 aromatic carbocycles. The van der Waals surface area contributed by atoms with Gasteiger partial charge in [0.05, 0.1) is 0 Å². The van der Waals surface area contributed by atoms with Crippen molar-refractivity contribution in [3.8, 4) is 0 Å². The van der Waals surface area contributed by atoms with Crippen molar-refractivity contribution in [3.05, 3.63) is 35.9 Å². The van der Waals surface area contributed by atoms with E-state index in [9.17, 15) is 4.79 Å². The fraction of sp³-hybridized carbons (Fsp3) is 0.533. The van der Waals surface area contributed by atoms with E-state index < -0.39 is 0 Å². The molecule has 0 spiro atoms. The van der Waals surface area contributed by atoms with E-state index in [2.05, 4.69) is 35.3 Å². The minimum Gasteiger partial charge on any atom is -0.275 e. The first-order chi connectivity index (χ1) is 8.83. The molecule has 18 heavy (non-hydrogen) atoms. The summed E-state index contributed by atoms with van der Waals surface area (Å²) in [4.78, 5) is 11.7. The fourth-order valence-electron chi connectivity index (χ4n) is 3.08. The summed E-state index contributed by atoms with van der Waals surface area (Å²) in [5.41, 5.74) is 1.41. The van der Waals surface area contributed by atoms with Crippen LogP contribution in [0.2, 0.25) is 0 Å². The number of hydrogen-bond donors (Lipinski definition) is 0. The van der Waals surface area contributed by atoms with Crippen LogP contribution in [-0.2, 0) is 11.2 Å². The number of hydrazine groups is 1. The van der Waals surface area contributed by atoms with E-state index in [1.54, 1.807) is 0 Å². The van der Waals surface area contributed by atoms with Crippen molar-refractivity contribution in [2.45, 2.75) is 25.7 Å². The van der Waals surface area contributed by atoms with Gasteiger partial charge in [0.2, 0.25) is 5.91 Å². The summed E-state index contributed by atoms with van der Waals surface area (Å²) in [5.74, 6) is 1.01. The third-order valence-corrected chi connectivity index (χ3v) is 4.02. The van der Waals surface area contributed by atoms with Crippen LogP contribution in [0.25, 0.3) is 0 Å². The molecule has 3 nitrogen and oxygen atoms in total. The molecular formula is C15H20N2O. The normalized spacial score (nSPS) is 25.0. The Morgan fingerprint density at radius 1 is 1.17 bits per heavy atom. The fourth-order valence-corrected chi connectivity index (χ4v) is 3.08. The molecule has 0 bridgehead atoms. The van der Waals surface area contributed by atoms with Gasteiger partial charge in [0.1, 0.15) is 0 Å². The number of amides is 1. The highest BCUT2D eigenvalue weighted by atomic mass is 16.2. The summed E-state index contributed by atoms with van der Waals surface area (Å²) >= 11 is 0. The Balaban J connectivity index is 1.57. The molecular weight excluding hydrogens is 224 g/mol. The molecule has 0 radical (unpaired) electrons. The monoisotopic (exact) mass is 244 g/mol. The summed E-state index contributed by atoms with van der Waals surface area (Å²) in [6.45, 7) is 3.01. The molecule has 0 aromatic heterocycles. The number of carbonyl (C=O) groups excluding carboxylic acids is 1. The third kappa shape index (κ3) is 2.41. The summed E-state index contributed by atoms with van der Waals surface area (Å²) < 4.78 is 0. The van der Waals surface area contributed by atoms with E-state index in [4.69, 9.17) is 0 Å². The van der Waals surface area contributed by atoms with Gasteiger partial charge in [0, 0.05) is 26.1 Å². The van der Waals surface area contributed by atoms with Crippen LogP contribution in [-0.4, -0.2) is 35.6 Å². The molecule has 2 heterocycles. The first kappa shape index (κ1) is 11.7. The number of carbonyl (C=O) groups is 1. The molecule has 1 aromatic rings. The van der Waals surface area contributed by atoms with Crippen LogP contribution in [0.3, 0.4) is 0 Å². The molecule has 2 fully saturated rings. The molecule has 3 heteroatoms. The highest BCUT2D eigenvalue weighted by molar-refractivity contribution is 5.77. The van der Waals surface area contributed by atoms with Crippen LogP contribution >= 0.6 is 0 Å². The van der Waals surface area contributed by atoms with Gasteiger partial charge in [0.15, 0.2) is 0 Å². The van der Waals surface area contributed by atoms with Crippen LogP contribution < -0.4 is 0 Å². The Hall–Kier alpha value is -1.35. The zero-order chi connectivity index (χ0) is 12.4. The lowest BCUT2D eigenvalue weighted by molar-refractivity contribution is -0.141. The molecule has 2 saturated heterocycles. The topological polar surface area (TPSA) is 23.6 Å². The lowest BCUT2D eigenvalue weighted by atomic mass is 9.99. The van der Waals surface area contributed by atoms with E-state index in [1.165, 1.54) is 12.0 Å².